The lowest BCUT2D eigenvalue weighted by Gasteiger charge is -2.19. The van der Waals surface area contributed by atoms with Crippen LogP contribution in [0.2, 0.25) is 0 Å². The van der Waals surface area contributed by atoms with Crippen LogP contribution >= 0.6 is 0 Å². The SMILES string of the molecule is O=C1Nc2cc(C(F)(F)c3ccc(F)c(F)c3F)ccc2C1=O. The molecule has 0 aliphatic carbocycles. The van der Waals surface area contributed by atoms with Gasteiger partial charge in [0.25, 0.3) is 11.7 Å². The summed E-state index contributed by atoms with van der Waals surface area (Å²) in [5, 5.41) is 2.10. The highest BCUT2D eigenvalue weighted by Crippen LogP contribution is 2.40. The number of benzene rings is 2. The number of hydrogen-bond acceptors (Lipinski definition) is 2. The maximum atomic E-state index is 14.4. The maximum Gasteiger partial charge on any atom is 0.301 e. The topological polar surface area (TPSA) is 46.2 Å². The summed E-state index contributed by atoms with van der Waals surface area (Å²) in [6.45, 7) is 0. The third kappa shape index (κ3) is 2.18. The zero-order valence-corrected chi connectivity index (χ0v) is 11.1. The molecule has 2 aromatic carbocycles. The monoisotopic (exact) mass is 327 g/mol. The molecular weight excluding hydrogens is 321 g/mol. The van der Waals surface area contributed by atoms with Crippen molar-refractivity contribution in [3.05, 3.63) is 64.5 Å². The third-order valence-electron chi connectivity index (χ3n) is 3.45. The highest BCUT2D eigenvalue weighted by atomic mass is 19.3. The number of hydrogen-bond donors (Lipinski definition) is 1. The number of anilines is 1. The molecule has 1 amide bonds. The van der Waals surface area contributed by atoms with E-state index in [0.717, 1.165) is 18.2 Å². The van der Waals surface area contributed by atoms with E-state index in [-0.39, 0.29) is 11.3 Å². The fourth-order valence-corrected chi connectivity index (χ4v) is 2.27. The number of halogens is 5. The van der Waals surface area contributed by atoms with Crippen LogP contribution in [0.4, 0.5) is 27.6 Å². The molecule has 0 radical (unpaired) electrons. The van der Waals surface area contributed by atoms with Crippen LogP contribution in [0.25, 0.3) is 0 Å². The van der Waals surface area contributed by atoms with Crippen LogP contribution in [-0.4, -0.2) is 11.7 Å². The van der Waals surface area contributed by atoms with E-state index >= 15 is 0 Å². The van der Waals surface area contributed by atoms with Gasteiger partial charge in [0.05, 0.1) is 16.8 Å². The predicted molar refractivity (Wildman–Crippen MR) is 68.7 cm³/mol. The molecular formula is C15H6F5NO2. The molecule has 2 aromatic rings. The molecule has 3 nitrogen and oxygen atoms in total. The van der Waals surface area contributed by atoms with Gasteiger partial charge in [0.15, 0.2) is 17.5 Å². The second kappa shape index (κ2) is 4.87. The summed E-state index contributed by atoms with van der Waals surface area (Å²) in [4.78, 5) is 22.6. The zero-order valence-electron chi connectivity index (χ0n) is 11.1. The number of fused-ring (bicyclic) bond motifs is 1. The number of Topliss-reactive ketones (excluding diaryl/α,β-unsaturated/α-hetero) is 1. The molecule has 1 aliphatic heterocycles. The van der Waals surface area contributed by atoms with Crippen molar-refractivity contribution in [3.8, 4) is 0 Å². The van der Waals surface area contributed by atoms with Crippen molar-refractivity contribution in [1.82, 2.24) is 0 Å². The molecule has 0 unspecified atom stereocenters. The van der Waals surface area contributed by atoms with E-state index in [2.05, 4.69) is 5.32 Å². The molecule has 0 fully saturated rings. The number of ketones is 1. The van der Waals surface area contributed by atoms with E-state index in [1.807, 2.05) is 0 Å². The van der Waals surface area contributed by atoms with Gasteiger partial charge in [0, 0.05) is 5.56 Å². The van der Waals surface area contributed by atoms with E-state index in [0.29, 0.717) is 12.1 Å². The normalized spacial score (nSPS) is 14.0. The van der Waals surface area contributed by atoms with Gasteiger partial charge < -0.3 is 5.32 Å². The molecule has 0 spiro atoms. The van der Waals surface area contributed by atoms with Crippen LogP contribution in [0.5, 0.6) is 0 Å². The van der Waals surface area contributed by atoms with Crippen LogP contribution in [0, 0.1) is 17.5 Å². The van der Waals surface area contributed by atoms with Crippen molar-refractivity contribution in [2.75, 3.05) is 5.32 Å². The summed E-state index contributed by atoms with van der Waals surface area (Å²) in [5.41, 5.74) is -2.39. The fourth-order valence-electron chi connectivity index (χ4n) is 2.27. The second-order valence-corrected chi connectivity index (χ2v) is 4.84. The molecule has 0 bridgehead atoms. The smallest absolute Gasteiger partial charge is 0.301 e. The minimum atomic E-state index is -4.00. The summed E-state index contributed by atoms with van der Waals surface area (Å²) >= 11 is 0. The Bertz CT molecular complexity index is 863. The number of carbonyl (C=O) groups excluding carboxylic acids is 2. The van der Waals surface area contributed by atoms with Gasteiger partial charge in [-0.25, -0.2) is 13.2 Å². The first-order chi connectivity index (χ1) is 10.7. The van der Waals surface area contributed by atoms with Crippen molar-refractivity contribution in [1.29, 1.82) is 0 Å². The Morgan fingerprint density at radius 2 is 1.61 bits per heavy atom. The minimum Gasteiger partial charge on any atom is -0.318 e. The largest absolute Gasteiger partial charge is 0.318 e. The number of amides is 1. The molecule has 118 valence electrons. The van der Waals surface area contributed by atoms with Crippen molar-refractivity contribution in [2.24, 2.45) is 0 Å². The van der Waals surface area contributed by atoms with Crippen LogP contribution in [0.15, 0.2) is 30.3 Å². The highest BCUT2D eigenvalue weighted by molar-refractivity contribution is 6.51. The lowest BCUT2D eigenvalue weighted by atomic mass is 9.97. The molecule has 1 N–H and O–H groups in total. The van der Waals surface area contributed by atoms with E-state index in [1.54, 1.807) is 0 Å². The first-order valence-corrected chi connectivity index (χ1v) is 6.25. The summed E-state index contributed by atoms with van der Waals surface area (Å²) in [6, 6.07) is 3.41. The lowest BCUT2D eigenvalue weighted by Crippen LogP contribution is -2.18. The number of nitrogens with one attached hydrogen (secondary N) is 1. The molecule has 3 rings (SSSR count). The Morgan fingerprint density at radius 3 is 2.30 bits per heavy atom. The number of alkyl halides is 2. The van der Waals surface area contributed by atoms with Crippen LogP contribution in [-0.2, 0) is 10.7 Å². The van der Waals surface area contributed by atoms with Gasteiger partial charge in [0.2, 0.25) is 0 Å². The van der Waals surface area contributed by atoms with Crippen molar-refractivity contribution in [3.63, 3.8) is 0 Å². The van der Waals surface area contributed by atoms with Crippen molar-refractivity contribution in [2.45, 2.75) is 5.92 Å². The molecule has 0 saturated heterocycles. The highest BCUT2D eigenvalue weighted by Gasteiger charge is 2.40. The van der Waals surface area contributed by atoms with Crippen molar-refractivity contribution < 1.29 is 31.5 Å². The number of rotatable bonds is 2. The van der Waals surface area contributed by atoms with Gasteiger partial charge in [0.1, 0.15) is 0 Å². The maximum absolute atomic E-state index is 14.4. The Labute approximate surface area is 125 Å². The van der Waals surface area contributed by atoms with Gasteiger partial charge >= 0.3 is 5.92 Å². The summed E-state index contributed by atoms with van der Waals surface area (Å²) in [7, 11) is 0. The molecule has 23 heavy (non-hydrogen) atoms. The first-order valence-electron chi connectivity index (χ1n) is 6.25. The summed E-state index contributed by atoms with van der Waals surface area (Å²) in [5.74, 6) is -11.5. The summed E-state index contributed by atoms with van der Waals surface area (Å²) < 4.78 is 68.5. The first kappa shape index (κ1) is 15.1. The second-order valence-electron chi connectivity index (χ2n) is 4.84. The van der Waals surface area contributed by atoms with Gasteiger partial charge in [-0.15, -0.1) is 0 Å². The molecule has 0 saturated carbocycles. The van der Waals surface area contributed by atoms with Crippen LogP contribution < -0.4 is 5.32 Å². The van der Waals surface area contributed by atoms with Gasteiger partial charge in [-0.3, -0.25) is 9.59 Å². The van der Waals surface area contributed by atoms with Crippen LogP contribution in [0.3, 0.4) is 0 Å². The van der Waals surface area contributed by atoms with E-state index in [4.69, 9.17) is 0 Å². The Kier molecular flexibility index (Phi) is 3.20. The molecule has 0 aromatic heterocycles. The fraction of sp³-hybridized carbons (Fsp3) is 0.0667. The van der Waals surface area contributed by atoms with Crippen LogP contribution in [0.1, 0.15) is 21.5 Å². The Balaban J connectivity index is 2.12. The van der Waals surface area contributed by atoms with Gasteiger partial charge in [-0.2, -0.15) is 8.78 Å². The zero-order chi connectivity index (χ0) is 16.9. The lowest BCUT2D eigenvalue weighted by molar-refractivity contribution is -0.112. The minimum absolute atomic E-state index is 0.0969. The van der Waals surface area contributed by atoms with E-state index in [1.165, 1.54) is 0 Å². The Morgan fingerprint density at radius 1 is 0.913 bits per heavy atom. The standard InChI is InChI=1S/C15H6F5NO2/c16-9-4-3-8(11(17)12(9)18)15(19,20)6-1-2-7-10(5-6)21-14(23)13(7)22/h1-5H,(H,21,22,23). The molecule has 1 heterocycles. The predicted octanol–water partition coefficient (Wildman–Crippen LogP) is 3.38. The third-order valence-corrected chi connectivity index (χ3v) is 3.45. The number of carbonyl (C=O) groups is 2. The average molecular weight is 327 g/mol. The molecule has 1 aliphatic rings. The quantitative estimate of drug-likeness (QED) is 0.522. The van der Waals surface area contributed by atoms with E-state index in [9.17, 15) is 31.5 Å². The molecule has 0 atom stereocenters. The van der Waals surface area contributed by atoms with Crippen molar-refractivity contribution >= 4 is 17.4 Å². The van der Waals surface area contributed by atoms with Gasteiger partial charge in [-0.1, -0.05) is 6.07 Å². The summed E-state index contributed by atoms with van der Waals surface area (Å²) in [6.07, 6.45) is 0. The molecule has 8 heteroatoms. The van der Waals surface area contributed by atoms with Gasteiger partial charge in [-0.05, 0) is 24.3 Å². The van der Waals surface area contributed by atoms with E-state index < -0.39 is 46.2 Å². The average Bonchev–Trinajstić information content (AvgIpc) is 2.79. The Hall–Kier alpha value is -2.77.